The Morgan fingerprint density at radius 1 is 1.36 bits per heavy atom. The van der Waals surface area contributed by atoms with E-state index in [1.807, 2.05) is 0 Å². The first-order valence-corrected chi connectivity index (χ1v) is 7.34. The third-order valence-electron chi connectivity index (χ3n) is 3.69. The first-order valence-electron chi connectivity index (χ1n) is 7.34. The number of nitrogens with zero attached hydrogens (tertiary/aromatic N) is 3. The predicted molar refractivity (Wildman–Crippen MR) is 82.3 cm³/mol. The van der Waals surface area contributed by atoms with E-state index < -0.39 is 0 Å². The van der Waals surface area contributed by atoms with Gasteiger partial charge in [0, 0.05) is 24.6 Å². The quantitative estimate of drug-likeness (QED) is 0.872. The summed E-state index contributed by atoms with van der Waals surface area (Å²) in [6.07, 6.45) is 2.20. The van der Waals surface area contributed by atoms with Crippen molar-refractivity contribution in [2.45, 2.75) is 39.2 Å². The molecule has 22 heavy (non-hydrogen) atoms. The van der Waals surface area contributed by atoms with E-state index in [1.165, 1.54) is 6.20 Å². The molecule has 0 unspecified atom stereocenters. The second-order valence-electron chi connectivity index (χ2n) is 6.59. The van der Waals surface area contributed by atoms with Gasteiger partial charge in [-0.3, -0.25) is 4.79 Å². The van der Waals surface area contributed by atoms with Crippen LogP contribution in [-0.4, -0.2) is 27.3 Å². The highest BCUT2D eigenvalue weighted by atomic mass is 16.4. The van der Waals surface area contributed by atoms with Gasteiger partial charge < -0.3 is 15.1 Å². The van der Waals surface area contributed by atoms with Crippen molar-refractivity contribution >= 4 is 11.7 Å². The third kappa shape index (κ3) is 2.68. The number of pyridine rings is 1. The lowest BCUT2D eigenvalue weighted by atomic mass is 9.97. The summed E-state index contributed by atoms with van der Waals surface area (Å²) in [5.74, 6) is 1.97. The van der Waals surface area contributed by atoms with Crippen LogP contribution in [0.5, 0.6) is 0 Å². The number of hydrogen-bond acceptors (Lipinski definition) is 5. The number of oxazole rings is 1. The largest absolute Gasteiger partial charge is 0.445 e. The molecule has 1 amide bonds. The minimum atomic E-state index is -0.132. The summed E-state index contributed by atoms with van der Waals surface area (Å²) in [4.78, 5) is 22.8. The third-order valence-corrected chi connectivity index (χ3v) is 3.69. The van der Waals surface area contributed by atoms with Crippen molar-refractivity contribution in [3.05, 3.63) is 41.2 Å². The van der Waals surface area contributed by atoms with E-state index in [4.69, 9.17) is 10.2 Å². The monoisotopic (exact) mass is 300 g/mol. The highest BCUT2D eigenvalue weighted by Gasteiger charge is 2.29. The summed E-state index contributed by atoms with van der Waals surface area (Å²) >= 11 is 0. The molecule has 6 heteroatoms. The molecule has 0 bridgehead atoms. The predicted octanol–water partition coefficient (Wildman–Crippen LogP) is 2.15. The summed E-state index contributed by atoms with van der Waals surface area (Å²) in [6.45, 7) is 7.28. The molecule has 2 aromatic heterocycles. The maximum Gasteiger partial charge on any atom is 0.255 e. The number of rotatable bonds is 1. The van der Waals surface area contributed by atoms with Crippen LogP contribution in [0.25, 0.3) is 0 Å². The number of carbonyl (C=O) groups excluding carboxylic acids is 1. The van der Waals surface area contributed by atoms with Gasteiger partial charge in [-0.25, -0.2) is 9.97 Å². The maximum atomic E-state index is 12.5. The summed E-state index contributed by atoms with van der Waals surface area (Å²) < 4.78 is 5.84. The molecular weight excluding hydrogens is 280 g/mol. The zero-order chi connectivity index (χ0) is 15.9. The molecule has 0 fully saturated rings. The van der Waals surface area contributed by atoms with Crippen LogP contribution >= 0.6 is 0 Å². The van der Waals surface area contributed by atoms with E-state index in [-0.39, 0.29) is 11.3 Å². The van der Waals surface area contributed by atoms with Crippen LogP contribution in [-0.2, 0) is 18.4 Å². The van der Waals surface area contributed by atoms with Gasteiger partial charge in [0.1, 0.15) is 17.3 Å². The standard InChI is InChI=1S/C16H20N4O2/c1-16(2,3)15-19-11-9-20(7-6-12(11)22-15)14(21)10-4-5-13(17)18-8-10/h4-5,8H,6-7,9H2,1-3H3,(H2,17,18). The Bertz CT molecular complexity index is 698. The fourth-order valence-corrected chi connectivity index (χ4v) is 2.41. The molecular formula is C16H20N4O2. The van der Waals surface area contributed by atoms with E-state index in [0.717, 1.165) is 17.3 Å². The average molecular weight is 300 g/mol. The molecule has 0 aromatic carbocycles. The van der Waals surface area contributed by atoms with E-state index in [0.29, 0.717) is 30.9 Å². The van der Waals surface area contributed by atoms with Gasteiger partial charge in [0.05, 0.1) is 12.1 Å². The molecule has 1 aliphatic rings. The second-order valence-corrected chi connectivity index (χ2v) is 6.59. The van der Waals surface area contributed by atoms with Crippen molar-refractivity contribution in [2.24, 2.45) is 0 Å². The second kappa shape index (κ2) is 5.12. The lowest BCUT2D eigenvalue weighted by Gasteiger charge is -2.25. The van der Waals surface area contributed by atoms with Gasteiger partial charge in [0.15, 0.2) is 5.89 Å². The first kappa shape index (κ1) is 14.6. The zero-order valence-corrected chi connectivity index (χ0v) is 13.1. The van der Waals surface area contributed by atoms with Crippen LogP contribution < -0.4 is 5.73 Å². The van der Waals surface area contributed by atoms with Crippen molar-refractivity contribution in [1.82, 2.24) is 14.9 Å². The molecule has 1 aliphatic heterocycles. The fraction of sp³-hybridized carbons (Fsp3) is 0.438. The minimum Gasteiger partial charge on any atom is -0.445 e. The van der Waals surface area contributed by atoms with Crippen LogP contribution in [0, 0.1) is 0 Å². The number of fused-ring (bicyclic) bond motifs is 1. The van der Waals surface area contributed by atoms with Gasteiger partial charge in [0.25, 0.3) is 5.91 Å². The van der Waals surface area contributed by atoms with E-state index >= 15 is 0 Å². The number of carbonyl (C=O) groups is 1. The molecule has 0 saturated heterocycles. The summed E-state index contributed by atoms with van der Waals surface area (Å²) in [7, 11) is 0. The van der Waals surface area contributed by atoms with Gasteiger partial charge >= 0.3 is 0 Å². The van der Waals surface area contributed by atoms with Crippen molar-refractivity contribution < 1.29 is 9.21 Å². The molecule has 0 spiro atoms. The number of nitrogen functional groups attached to an aromatic ring is 1. The topological polar surface area (TPSA) is 85.2 Å². The molecule has 0 aliphatic carbocycles. The van der Waals surface area contributed by atoms with E-state index in [2.05, 4.69) is 30.7 Å². The Balaban J connectivity index is 1.80. The smallest absolute Gasteiger partial charge is 0.255 e. The molecule has 2 N–H and O–H groups in total. The lowest BCUT2D eigenvalue weighted by molar-refractivity contribution is 0.0727. The molecule has 116 valence electrons. The lowest BCUT2D eigenvalue weighted by Crippen LogP contribution is -2.35. The normalized spacial score (nSPS) is 14.8. The van der Waals surface area contributed by atoms with Gasteiger partial charge in [-0.2, -0.15) is 0 Å². The Kier molecular flexibility index (Phi) is 3.39. The first-order chi connectivity index (χ1) is 10.3. The van der Waals surface area contributed by atoms with Crippen LogP contribution in [0.2, 0.25) is 0 Å². The molecule has 0 atom stereocenters. The van der Waals surface area contributed by atoms with Gasteiger partial charge in [-0.05, 0) is 12.1 Å². The van der Waals surface area contributed by atoms with Crippen LogP contribution in [0.1, 0.15) is 48.5 Å². The van der Waals surface area contributed by atoms with Crippen molar-refractivity contribution in [1.29, 1.82) is 0 Å². The van der Waals surface area contributed by atoms with Gasteiger partial charge in [-0.15, -0.1) is 0 Å². The number of anilines is 1. The molecule has 0 radical (unpaired) electrons. The average Bonchev–Trinajstić information content (AvgIpc) is 2.90. The maximum absolute atomic E-state index is 12.5. The molecule has 6 nitrogen and oxygen atoms in total. The van der Waals surface area contributed by atoms with Gasteiger partial charge in [0.2, 0.25) is 0 Å². The summed E-state index contributed by atoms with van der Waals surface area (Å²) in [6, 6.07) is 3.33. The van der Waals surface area contributed by atoms with E-state index in [1.54, 1.807) is 17.0 Å². The Labute approximate surface area is 129 Å². The summed E-state index contributed by atoms with van der Waals surface area (Å²) in [5, 5.41) is 0. The highest BCUT2D eigenvalue weighted by molar-refractivity contribution is 5.94. The van der Waals surface area contributed by atoms with Crippen LogP contribution in [0.3, 0.4) is 0 Å². The highest BCUT2D eigenvalue weighted by Crippen LogP contribution is 2.27. The zero-order valence-electron chi connectivity index (χ0n) is 13.1. The number of amides is 1. The SMILES string of the molecule is CC(C)(C)c1nc2c(o1)CCN(C(=O)c1ccc(N)nc1)C2. The van der Waals surface area contributed by atoms with Crippen LogP contribution in [0.15, 0.2) is 22.7 Å². The van der Waals surface area contributed by atoms with E-state index in [9.17, 15) is 4.79 Å². The van der Waals surface area contributed by atoms with Gasteiger partial charge in [-0.1, -0.05) is 20.8 Å². The minimum absolute atomic E-state index is 0.0570. The Morgan fingerprint density at radius 3 is 2.77 bits per heavy atom. The number of nitrogens with two attached hydrogens (primary N) is 1. The Morgan fingerprint density at radius 2 is 2.14 bits per heavy atom. The fourth-order valence-electron chi connectivity index (χ4n) is 2.41. The number of aromatic nitrogens is 2. The molecule has 0 saturated carbocycles. The molecule has 2 aromatic rings. The summed E-state index contributed by atoms with van der Waals surface area (Å²) in [5.41, 5.74) is 6.82. The van der Waals surface area contributed by atoms with Crippen molar-refractivity contribution in [3.63, 3.8) is 0 Å². The van der Waals surface area contributed by atoms with Crippen LogP contribution in [0.4, 0.5) is 5.82 Å². The van der Waals surface area contributed by atoms with Crippen molar-refractivity contribution in [2.75, 3.05) is 12.3 Å². The Hall–Kier alpha value is -2.37. The number of hydrogen-bond donors (Lipinski definition) is 1. The molecule has 3 heterocycles. The molecule has 3 rings (SSSR count). The van der Waals surface area contributed by atoms with Crippen molar-refractivity contribution in [3.8, 4) is 0 Å².